The van der Waals surface area contributed by atoms with Crippen molar-refractivity contribution >= 4 is 32.8 Å². The van der Waals surface area contributed by atoms with Gasteiger partial charge in [0.15, 0.2) is 0 Å². The van der Waals surface area contributed by atoms with Gasteiger partial charge in [-0.25, -0.2) is 4.98 Å². The summed E-state index contributed by atoms with van der Waals surface area (Å²) in [4.78, 5) is 4.94. The van der Waals surface area contributed by atoms with Gasteiger partial charge in [0.1, 0.15) is 17.3 Å². The van der Waals surface area contributed by atoms with E-state index in [0.29, 0.717) is 0 Å². The lowest BCUT2D eigenvalue weighted by Crippen LogP contribution is -2.37. The van der Waals surface area contributed by atoms with Crippen molar-refractivity contribution < 1.29 is 9.30 Å². The van der Waals surface area contributed by atoms with Crippen LogP contribution < -0.4 is 9.30 Å². The highest BCUT2D eigenvalue weighted by atomic mass is 16.5. The summed E-state index contributed by atoms with van der Waals surface area (Å²) in [7, 11) is 0. The molecule has 0 fully saturated rings. The number of nitrogens with zero attached hydrogens (tertiary/aromatic N) is 4. The lowest BCUT2D eigenvalue weighted by molar-refractivity contribution is -0.570. The van der Waals surface area contributed by atoms with Gasteiger partial charge in [-0.1, -0.05) is 183 Å². The molecule has 2 aliphatic carbocycles. The molecule has 0 bridgehead atoms. The van der Waals surface area contributed by atoms with Gasteiger partial charge in [-0.05, 0) is 163 Å². The third-order valence-corrected chi connectivity index (χ3v) is 17.8. The van der Waals surface area contributed by atoms with Crippen molar-refractivity contribution in [3.8, 4) is 73.2 Å². The van der Waals surface area contributed by atoms with E-state index in [-0.39, 0.29) is 21.7 Å². The van der Waals surface area contributed by atoms with E-state index < -0.39 is 0 Å². The standard InChI is InChI=1S/C71H64N4O/c1-68(2,3)46-33-38-72-64(41-46)75-61-29-14-13-25-55(61)56-32-31-49(43-63(56)75)76-48-20-15-19-47(42-48)73-44-74-66-50(45-39-59-65-60(40-45)70(6,7)36-37-71(65,8)35-18-34-69(59,4)5)26-16-27-57(66)53-23-11-9-21-51(53)52-22-10-12-24-54(52)58-28-17-30-62(73)67(58)74/h9-17,19-33,38-43H,18,34-37H2,1-8H3. The highest BCUT2D eigenvalue weighted by Gasteiger charge is 2.45. The lowest BCUT2D eigenvalue weighted by Gasteiger charge is -2.45. The normalized spacial score (nSPS) is 17.2. The first-order chi connectivity index (χ1) is 36.6. The quantitative estimate of drug-likeness (QED) is 0.127. The van der Waals surface area contributed by atoms with Crippen molar-refractivity contribution in [2.24, 2.45) is 0 Å². The molecule has 0 radical (unpaired) electrons. The number of benzene rings is 8. The van der Waals surface area contributed by atoms with E-state index in [0.717, 1.165) is 61.7 Å². The van der Waals surface area contributed by atoms with E-state index in [4.69, 9.17) is 9.72 Å². The number of aromatic nitrogens is 4. The number of para-hydroxylation sites is 3. The molecule has 0 saturated carbocycles. The predicted molar refractivity (Wildman–Crippen MR) is 313 cm³/mol. The molecule has 0 N–H and O–H groups in total. The van der Waals surface area contributed by atoms with Crippen LogP contribution in [0.1, 0.15) is 110 Å². The Morgan fingerprint density at radius 2 is 1.13 bits per heavy atom. The maximum Gasteiger partial charge on any atom is 0.269 e. The Labute approximate surface area is 447 Å². The summed E-state index contributed by atoms with van der Waals surface area (Å²) in [6, 6.07) is 64.8. The highest BCUT2D eigenvalue weighted by molar-refractivity contribution is 6.09. The number of pyridine rings is 1. The second kappa shape index (κ2) is 16.7. The van der Waals surface area contributed by atoms with Crippen LogP contribution in [0.15, 0.2) is 182 Å². The Morgan fingerprint density at radius 3 is 1.89 bits per heavy atom. The fraction of sp³-hybridized carbons (Fsp3) is 0.239. The lowest BCUT2D eigenvalue weighted by atomic mass is 9.59. The van der Waals surface area contributed by atoms with Crippen LogP contribution >= 0.6 is 0 Å². The van der Waals surface area contributed by atoms with Gasteiger partial charge in [0, 0.05) is 23.0 Å². The second-order valence-corrected chi connectivity index (χ2v) is 24.6. The van der Waals surface area contributed by atoms with Gasteiger partial charge in [-0.2, -0.15) is 0 Å². The summed E-state index contributed by atoms with van der Waals surface area (Å²) in [6.45, 7) is 19.3. The maximum absolute atomic E-state index is 6.93. The first-order valence-corrected chi connectivity index (χ1v) is 27.5. The molecule has 3 aliphatic rings. The second-order valence-electron chi connectivity index (χ2n) is 24.6. The van der Waals surface area contributed by atoms with Gasteiger partial charge in [-0.3, -0.25) is 13.7 Å². The number of hydrogen-bond donors (Lipinski definition) is 0. The number of ether oxygens (including phenoxy) is 1. The number of hydrogen-bond acceptors (Lipinski definition) is 2. The predicted octanol–water partition coefficient (Wildman–Crippen LogP) is 18.1. The molecular weight excluding hydrogens is 925 g/mol. The average Bonchev–Trinajstić information content (AvgIpc) is 4.09. The Bertz CT molecular complexity index is 4190. The van der Waals surface area contributed by atoms with Crippen LogP contribution in [0.25, 0.3) is 94.5 Å². The van der Waals surface area contributed by atoms with Crippen LogP contribution in [-0.2, 0) is 21.7 Å². The molecular formula is C71H64N4O. The number of fused-ring (bicyclic) bond motifs is 10. The zero-order chi connectivity index (χ0) is 51.9. The van der Waals surface area contributed by atoms with Crippen molar-refractivity contribution in [3.05, 3.63) is 211 Å². The Hall–Kier alpha value is -8.02. The van der Waals surface area contributed by atoms with E-state index >= 15 is 0 Å². The van der Waals surface area contributed by atoms with Gasteiger partial charge in [0.25, 0.3) is 6.33 Å². The summed E-state index contributed by atoms with van der Waals surface area (Å²) in [6.07, 6.45) is 12.1. The number of imidazole rings is 1. The van der Waals surface area contributed by atoms with E-state index in [1.165, 1.54) is 93.1 Å². The first-order valence-electron chi connectivity index (χ1n) is 27.5. The van der Waals surface area contributed by atoms with Crippen LogP contribution in [0, 0.1) is 6.33 Å². The van der Waals surface area contributed by atoms with Crippen LogP contribution in [0.5, 0.6) is 11.5 Å². The van der Waals surface area contributed by atoms with Crippen LogP contribution in [0.4, 0.5) is 0 Å². The Morgan fingerprint density at radius 1 is 0.526 bits per heavy atom. The molecule has 0 amide bonds. The zero-order valence-corrected chi connectivity index (χ0v) is 45.1. The first kappa shape index (κ1) is 46.5. The SMILES string of the molecule is CC(C)(C)c1ccnc(-n2c3ccccc3c3ccc(Oc4cccc(-n5[c-][n+]6c7c(cccc75)-c5ccccc5-c5ccccc5-c5cccc(-c7cc8c9c(c7)C(C)(C)CCC9(C)CCCC8(C)C)c5-6)c4)cc32)c1. The minimum atomic E-state index is -0.0235. The maximum atomic E-state index is 6.93. The fourth-order valence-electron chi connectivity index (χ4n) is 13.6. The summed E-state index contributed by atoms with van der Waals surface area (Å²) in [5.74, 6) is 2.38. The molecule has 1 atom stereocenters. The van der Waals surface area contributed by atoms with Crippen LogP contribution in [-0.4, -0.2) is 14.1 Å². The minimum absolute atomic E-state index is 0.0235. The molecule has 0 spiro atoms. The molecule has 3 aromatic heterocycles. The van der Waals surface area contributed by atoms with Crippen molar-refractivity contribution in [2.45, 2.75) is 109 Å². The largest absolute Gasteiger partial charge is 0.458 e. The summed E-state index contributed by atoms with van der Waals surface area (Å²) in [5.41, 5.74) is 22.2. The average molecular weight is 989 g/mol. The van der Waals surface area contributed by atoms with Gasteiger partial charge in [0.2, 0.25) is 0 Å². The van der Waals surface area contributed by atoms with Crippen LogP contribution in [0.3, 0.4) is 0 Å². The van der Waals surface area contributed by atoms with E-state index in [1.807, 2.05) is 6.20 Å². The van der Waals surface area contributed by atoms with E-state index in [2.05, 4.69) is 251 Å². The molecule has 374 valence electrons. The molecule has 4 heterocycles. The molecule has 0 saturated heterocycles. The van der Waals surface area contributed by atoms with Crippen molar-refractivity contribution in [1.29, 1.82) is 0 Å². The van der Waals surface area contributed by atoms with E-state index in [1.54, 1.807) is 5.56 Å². The van der Waals surface area contributed by atoms with Crippen molar-refractivity contribution in [1.82, 2.24) is 14.1 Å². The molecule has 5 heteroatoms. The number of rotatable bonds is 5. The van der Waals surface area contributed by atoms with Gasteiger partial charge in [0.05, 0.1) is 33.4 Å². The summed E-state index contributed by atoms with van der Waals surface area (Å²) >= 11 is 0. The topological polar surface area (TPSA) is 35.9 Å². The molecule has 76 heavy (non-hydrogen) atoms. The monoisotopic (exact) mass is 989 g/mol. The zero-order valence-electron chi connectivity index (χ0n) is 45.1. The van der Waals surface area contributed by atoms with Gasteiger partial charge in [-0.15, -0.1) is 0 Å². The Kier molecular flexibility index (Phi) is 10.2. The third-order valence-electron chi connectivity index (χ3n) is 17.8. The smallest absolute Gasteiger partial charge is 0.269 e. The molecule has 11 aromatic rings. The minimum Gasteiger partial charge on any atom is -0.458 e. The third kappa shape index (κ3) is 7.18. The van der Waals surface area contributed by atoms with E-state index in [9.17, 15) is 0 Å². The van der Waals surface area contributed by atoms with Crippen molar-refractivity contribution in [2.75, 3.05) is 0 Å². The highest BCUT2D eigenvalue weighted by Crippen LogP contribution is 2.56. The molecule has 14 rings (SSSR count). The fourth-order valence-corrected chi connectivity index (χ4v) is 13.6. The van der Waals surface area contributed by atoms with Crippen molar-refractivity contribution in [3.63, 3.8) is 0 Å². The summed E-state index contributed by atoms with van der Waals surface area (Å²) in [5, 5.41) is 2.33. The summed E-state index contributed by atoms with van der Waals surface area (Å²) < 4.78 is 13.9. The molecule has 8 aromatic carbocycles. The molecule has 1 aliphatic heterocycles. The van der Waals surface area contributed by atoms with Crippen LogP contribution in [0.2, 0.25) is 0 Å². The molecule has 5 nitrogen and oxygen atoms in total. The van der Waals surface area contributed by atoms with Gasteiger partial charge < -0.3 is 4.74 Å². The van der Waals surface area contributed by atoms with Gasteiger partial charge >= 0.3 is 0 Å². The molecule has 1 unspecified atom stereocenters. The Balaban J connectivity index is 0.972.